The summed E-state index contributed by atoms with van der Waals surface area (Å²) in [6.45, 7) is 4.68. The van der Waals surface area contributed by atoms with Crippen molar-refractivity contribution in [2.75, 3.05) is 26.7 Å². The van der Waals surface area contributed by atoms with E-state index in [-0.39, 0.29) is 6.10 Å². The Labute approximate surface area is 131 Å². The van der Waals surface area contributed by atoms with E-state index in [2.05, 4.69) is 18.9 Å². The molecule has 0 radical (unpaired) electrons. The van der Waals surface area contributed by atoms with Gasteiger partial charge in [0.1, 0.15) is 6.10 Å². The average molecular weight is 297 g/mol. The summed E-state index contributed by atoms with van der Waals surface area (Å²) in [5.74, 6) is 0.307. The van der Waals surface area contributed by atoms with Crippen LogP contribution in [-0.2, 0) is 9.53 Å². The SMILES string of the molecule is CCCCCCCCCCCCC(=O)C1CN(C)CCO1. The lowest BCUT2D eigenvalue weighted by Crippen LogP contribution is -2.44. The van der Waals surface area contributed by atoms with Gasteiger partial charge in [0.2, 0.25) is 0 Å². The number of hydrogen-bond donors (Lipinski definition) is 0. The fourth-order valence-corrected chi connectivity index (χ4v) is 2.92. The molecule has 0 spiro atoms. The fourth-order valence-electron chi connectivity index (χ4n) is 2.92. The number of carbonyl (C=O) groups is 1. The Hall–Kier alpha value is -0.410. The summed E-state index contributed by atoms with van der Waals surface area (Å²) in [6.07, 6.45) is 13.7. The van der Waals surface area contributed by atoms with Crippen LogP contribution < -0.4 is 0 Å². The summed E-state index contributed by atoms with van der Waals surface area (Å²) < 4.78 is 5.56. The van der Waals surface area contributed by atoms with Crippen LogP contribution in [0, 0.1) is 0 Å². The summed E-state index contributed by atoms with van der Waals surface area (Å²) in [4.78, 5) is 14.2. The van der Waals surface area contributed by atoms with E-state index in [9.17, 15) is 4.79 Å². The molecule has 0 saturated carbocycles. The molecule has 3 heteroatoms. The van der Waals surface area contributed by atoms with Crippen LogP contribution in [0.4, 0.5) is 0 Å². The number of likely N-dealkylation sites (N-methyl/N-ethyl adjacent to an activating group) is 1. The number of rotatable bonds is 12. The zero-order chi connectivity index (χ0) is 15.3. The third-order valence-electron chi connectivity index (χ3n) is 4.41. The van der Waals surface area contributed by atoms with Gasteiger partial charge in [0.15, 0.2) is 5.78 Å². The van der Waals surface area contributed by atoms with Crippen molar-refractivity contribution < 1.29 is 9.53 Å². The smallest absolute Gasteiger partial charge is 0.162 e. The molecule has 3 nitrogen and oxygen atoms in total. The largest absolute Gasteiger partial charge is 0.368 e. The van der Waals surface area contributed by atoms with Crippen LogP contribution in [0.1, 0.15) is 77.6 Å². The summed E-state index contributed by atoms with van der Waals surface area (Å²) in [7, 11) is 2.06. The van der Waals surface area contributed by atoms with Gasteiger partial charge in [-0.1, -0.05) is 64.7 Å². The van der Waals surface area contributed by atoms with Crippen LogP contribution in [0.25, 0.3) is 0 Å². The highest BCUT2D eigenvalue weighted by molar-refractivity contribution is 5.83. The van der Waals surface area contributed by atoms with Gasteiger partial charge in [-0.25, -0.2) is 0 Å². The molecule has 1 aliphatic rings. The minimum absolute atomic E-state index is 0.165. The van der Waals surface area contributed by atoms with Crippen LogP contribution in [0.2, 0.25) is 0 Å². The van der Waals surface area contributed by atoms with Gasteiger partial charge in [0.25, 0.3) is 0 Å². The van der Waals surface area contributed by atoms with Crippen molar-refractivity contribution in [3.63, 3.8) is 0 Å². The molecule has 124 valence electrons. The summed E-state index contributed by atoms with van der Waals surface area (Å²) in [5.41, 5.74) is 0. The molecule has 1 heterocycles. The highest BCUT2D eigenvalue weighted by Gasteiger charge is 2.23. The van der Waals surface area contributed by atoms with E-state index in [1.165, 1.54) is 57.8 Å². The zero-order valence-corrected chi connectivity index (χ0v) is 14.2. The van der Waals surface area contributed by atoms with E-state index in [1.54, 1.807) is 0 Å². The highest BCUT2D eigenvalue weighted by atomic mass is 16.5. The van der Waals surface area contributed by atoms with Crippen molar-refractivity contribution in [1.29, 1.82) is 0 Å². The van der Waals surface area contributed by atoms with Crippen molar-refractivity contribution in [2.45, 2.75) is 83.7 Å². The molecule has 0 aromatic heterocycles. The Bertz CT molecular complexity index is 268. The Kier molecular flexibility index (Phi) is 10.8. The quantitative estimate of drug-likeness (QED) is 0.506. The predicted octanol–water partition coefficient (Wildman–Crippen LogP) is 4.20. The van der Waals surface area contributed by atoms with Gasteiger partial charge < -0.3 is 9.64 Å². The number of unbranched alkanes of at least 4 members (excludes halogenated alkanes) is 9. The third-order valence-corrected chi connectivity index (χ3v) is 4.41. The van der Waals surface area contributed by atoms with Crippen LogP contribution >= 0.6 is 0 Å². The standard InChI is InChI=1S/C18H35NO2/c1-3-4-5-6-7-8-9-10-11-12-13-17(20)18-16-19(2)14-15-21-18/h18H,3-16H2,1-2H3. The van der Waals surface area contributed by atoms with E-state index in [0.717, 1.165) is 19.5 Å². The van der Waals surface area contributed by atoms with Gasteiger partial charge in [-0.2, -0.15) is 0 Å². The summed E-state index contributed by atoms with van der Waals surface area (Å²) in [6, 6.07) is 0. The van der Waals surface area contributed by atoms with Crippen molar-refractivity contribution >= 4 is 5.78 Å². The van der Waals surface area contributed by atoms with Crippen LogP contribution in [0.5, 0.6) is 0 Å². The Morgan fingerprint density at radius 2 is 1.57 bits per heavy atom. The number of hydrogen-bond acceptors (Lipinski definition) is 3. The van der Waals surface area contributed by atoms with Gasteiger partial charge in [0, 0.05) is 19.5 Å². The maximum absolute atomic E-state index is 12.0. The average Bonchev–Trinajstić information content (AvgIpc) is 2.49. The molecule has 1 atom stereocenters. The molecule has 1 saturated heterocycles. The molecule has 21 heavy (non-hydrogen) atoms. The van der Waals surface area contributed by atoms with Crippen LogP contribution in [-0.4, -0.2) is 43.5 Å². The molecule has 0 aliphatic carbocycles. The zero-order valence-electron chi connectivity index (χ0n) is 14.2. The molecule has 1 aliphatic heterocycles. The summed E-state index contributed by atoms with van der Waals surface area (Å²) >= 11 is 0. The van der Waals surface area contributed by atoms with Gasteiger partial charge >= 0.3 is 0 Å². The minimum Gasteiger partial charge on any atom is -0.368 e. The molecule has 0 aromatic carbocycles. The molecule has 0 bridgehead atoms. The fraction of sp³-hybridized carbons (Fsp3) is 0.944. The Morgan fingerprint density at radius 1 is 1.00 bits per heavy atom. The van der Waals surface area contributed by atoms with E-state index in [0.29, 0.717) is 18.8 Å². The maximum atomic E-state index is 12.0. The van der Waals surface area contributed by atoms with Crippen molar-refractivity contribution in [3.05, 3.63) is 0 Å². The number of Topliss-reactive ketones (excluding diaryl/α,β-unsaturated/α-hetero) is 1. The second-order valence-electron chi connectivity index (χ2n) is 6.52. The number of ketones is 1. The lowest BCUT2D eigenvalue weighted by Gasteiger charge is -2.29. The van der Waals surface area contributed by atoms with Crippen molar-refractivity contribution in [3.8, 4) is 0 Å². The first-order valence-electron chi connectivity index (χ1n) is 9.07. The van der Waals surface area contributed by atoms with Crippen LogP contribution in [0.15, 0.2) is 0 Å². The lowest BCUT2D eigenvalue weighted by molar-refractivity contribution is -0.135. The maximum Gasteiger partial charge on any atom is 0.162 e. The number of ether oxygens (including phenoxy) is 1. The normalized spacial score (nSPS) is 19.8. The van der Waals surface area contributed by atoms with Crippen molar-refractivity contribution in [2.24, 2.45) is 0 Å². The van der Waals surface area contributed by atoms with E-state index < -0.39 is 0 Å². The van der Waals surface area contributed by atoms with E-state index in [4.69, 9.17) is 4.74 Å². The molecular formula is C18H35NO2. The minimum atomic E-state index is -0.165. The summed E-state index contributed by atoms with van der Waals surface area (Å²) in [5, 5.41) is 0. The molecular weight excluding hydrogens is 262 g/mol. The molecule has 0 aromatic rings. The number of nitrogens with zero attached hydrogens (tertiary/aromatic N) is 1. The molecule has 1 unspecified atom stereocenters. The Morgan fingerprint density at radius 3 is 2.14 bits per heavy atom. The monoisotopic (exact) mass is 297 g/mol. The third kappa shape index (κ3) is 9.26. The number of carbonyl (C=O) groups excluding carboxylic acids is 1. The highest BCUT2D eigenvalue weighted by Crippen LogP contribution is 2.13. The topological polar surface area (TPSA) is 29.5 Å². The molecule has 0 N–H and O–H groups in total. The number of morpholine rings is 1. The van der Waals surface area contributed by atoms with Crippen molar-refractivity contribution in [1.82, 2.24) is 4.90 Å². The first-order valence-corrected chi connectivity index (χ1v) is 9.07. The van der Waals surface area contributed by atoms with Gasteiger partial charge in [-0.3, -0.25) is 4.79 Å². The second kappa shape index (κ2) is 12.2. The molecule has 0 amide bonds. The Balaban J connectivity index is 1.88. The molecule has 1 fully saturated rings. The van der Waals surface area contributed by atoms with Gasteiger partial charge in [-0.15, -0.1) is 0 Å². The van der Waals surface area contributed by atoms with Crippen LogP contribution in [0.3, 0.4) is 0 Å². The lowest BCUT2D eigenvalue weighted by atomic mass is 10.0. The molecule has 1 rings (SSSR count). The first kappa shape index (κ1) is 18.6. The van der Waals surface area contributed by atoms with Gasteiger partial charge in [-0.05, 0) is 13.5 Å². The second-order valence-corrected chi connectivity index (χ2v) is 6.52. The van der Waals surface area contributed by atoms with E-state index in [1.807, 2.05) is 0 Å². The predicted molar refractivity (Wildman–Crippen MR) is 88.7 cm³/mol. The first-order chi connectivity index (χ1) is 10.2. The van der Waals surface area contributed by atoms with Gasteiger partial charge in [0.05, 0.1) is 6.61 Å². The van der Waals surface area contributed by atoms with E-state index >= 15 is 0 Å².